The number of allylic oxidation sites excluding steroid dienone is 4. The fourth-order valence-corrected chi connectivity index (χ4v) is 5.84. The molecule has 0 saturated heterocycles. The van der Waals surface area contributed by atoms with Gasteiger partial charge in [0.05, 0.1) is 0 Å². The van der Waals surface area contributed by atoms with Gasteiger partial charge in [-0.15, -0.1) is 24.5 Å². The van der Waals surface area contributed by atoms with E-state index in [0.717, 1.165) is 12.8 Å². The Bertz CT molecular complexity index is 1480. The van der Waals surface area contributed by atoms with E-state index in [1.165, 1.54) is 83.1 Å². The van der Waals surface area contributed by atoms with Crippen LogP contribution in [-0.4, -0.2) is 3.21 Å². The number of hydrogen-bond acceptors (Lipinski definition) is 0. The second kappa shape index (κ2) is 13.6. The molecule has 0 fully saturated rings. The number of hydrogen-bond donors (Lipinski definition) is 0. The van der Waals surface area contributed by atoms with Gasteiger partial charge in [-0.1, -0.05) is 72.2 Å². The predicted molar refractivity (Wildman–Crippen MR) is 178 cm³/mol. The summed E-state index contributed by atoms with van der Waals surface area (Å²) in [6.45, 7) is 17.9. The molecule has 0 atom stereocenters. The average Bonchev–Trinajstić information content (AvgIpc) is 3.54. The molecule has 2 aliphatic rings. The summed E-state index contributed by atoms with van der Waals surface area (Å²) in [5.41, 5.74) is 14.2. The van der Waals surface area contributed by atoms with Gasteiger partial charge in [-0.2, -0.15) is 29.3 Å². The molecule has 4 aromatic rings. The van der Waals surface area contributed by atoms with Crippen LogP contribution >= 0.6 is 0 Å². The molecular formula is C41H44Zr. The summed E-state index contributed by atoms with van der Waals surface area (Å²) in [6.07, 6.45) is 7.25. The molecule has 0 amide bonds. The number of fused-ring (bicyclic) bond motifs is 3. The van der Waals surface area contributed by atoms with Crippen LogP contribution < -0.4 is 0 Å². The van der Waals surface area contributed by atoms with Gasteiger partial charge in [-0.05, 0) is 28.4 Å². The van der Waals surface area contributed by atoms with Crippen LogP contribution in [0.3, 0.4) is 0 Å². The van der Waals surface area contributed by atoms with Crippen molar-refractivity contribution >= 4 is 3.21 Å². The van der Waals surface area contributed by atoms with Crippen molar-refractivity contribution < 1.29 is 24.2 Å². The minimum absolute atomic E-state index is 0.167. The van der Waals surface area contributed by atoms with E-state index in [-0.39, 0.29) is 10.8 Å². The first-order valence-corrected chi connectivity index (χ1v) is 16.2. The molecule has 42 heavy (non-hydrogen) atoms. The van der Waals surface area contributed by atoms with Crippen LogP contribution in [0.5, 0.6) is 0 Å². The molecule has 2 aliphatic carbocycles. The van der Waals surface area contributed by atoms with Gasteiger partial charge < -0.3 is 0 Å². The summed E-state index contributed by atoms with van der Waals surface area (Å²) < 4.78 is 1.42. The van der Waals surface area contributed by atoms with Crippen LogP contribution in [0.2, 0.25) is 0 Å². The van der Waals surface area contributed by atoms with Crippen molar-refractivity contribution in [3.8, 4) is 11.1 Å². The molecule has 0 aromatic heterocycles. The van der Waals surface area contributed by atoms with E-state index in [1.807, 2.05) is 0 Å². The van der Waals surface area contributed by atoms with E-state index in [4.69, 9.17) is 0 Å². The first kappa shape index (κ1) is 32.0. The Kier molecular flexibility index (Phi) is 10.4. The van der Waals surface area contributed by atoms with Crippen molar-refractivity contribution in [1.29, 1.82) is 0 Å². The van der Waals surface area contributed by atoms with Crippen LogP contribution in [0.25, 0.3) is 11.1 Å². The molecule has 0 nitrogen and oxygen atoms in total. The quantitative estimate of drug-likeness (QED) is 0.171. The molecule has 0 aliphatic heterocycles. The van der Waals surface area contributed by atoms with E-state index < -0.39 is 0 Å². The number of rotatable bonds is 2. The standard InChI is InChI=1S/C21H25.C13H10.C7H9.Zr/c1-20(2,3)16-7-9-18-14(12-16)11-15-13-17(21(4,5)6)8-10-19(15)18;1-3-7-12(8-4-1)11-13-9-5-2-6-10-13;1-6-4-3-5-7(6)2;/h7-10,12H,11H2,1-6H3;1-10H;4H,5H2,1-2H3;/q-1;;-1;+2. The SMILES string of the molecule is CC(C)(C)c1[c-]c2c(cc1)-c1ccc(C(C)(C)C)cc1C2.CC1=C(C)C[C-]=C1.[Zr+2]=[C](c1ccccc1)c1ccccc1. The van der Waals surface area contributed by atoms with E-state index in [1.54, 1.807) is 0 Å². The first-order valence-electron chi connectivity index (χ1n) is 15.0. The second-order valence-corrected chi connectivity index (χ2v) is 14.6. The van der Waals surface area contributed by atoms with Crippen LogP contribution in [0, 0.1) is 12.1 Å². The molecule has 0 unspecified atom stereocenters. The molecule has 1 heteroatoms. The van der Waals surface area contributed by atoms with Gasteiger partial charge in [0.15, 0.2) is 0 Å². The van der Waals surface area contributed by atoms with Gasteiger partial charge in [0.1, 0.15) is 0 Å². The molecule has 0 radical (unpaired) electrons. The molecule has 0 bridgehead atoms. The van der Waals surface area contributed by atoms with Crippen LogP contribution in [0.4, 0.5) is 0 Å². The Labute approximate surface area is 269 Å². The fraction of sp³-hybridized carbons (Fsp3) is 0.293. The first-order chi connectivity index (χ1) is 19.8. The van der Waals surface area contributed by atoms with Gasteiger partial charge in [-0.25, -0.2) is 11.6 Å². The van der Waals surface area contributed by atoms with Gasteiger partial charge in [0.25, 0.3) is 0 Å². The van der Waals surface area contributed by atoms with Crippen molar-refractivity contribution in [2.45, 2.75) is 79.1 Å². The maximum absolute atomic E-state index is 3.67. The van der Waals surface area contributed by atoms with Crippen molar-refractivity contribution in [3.05, 3.63) is 154 Å². The normalized spacial score (nSPS) is 13.5. The molecule has 212 valence electrons. The summed E-state index contributed by atoms with van der Waals surface area (Å²) >= 11 is 1.46. The third-order valence-electron chi connectivity index (χ3n) is 7.95. The Morgan fingerprint density at radius 1 is 0.690 bits per heavy atom. The molecule has 0 saturated carbocycles. The average molecular weight is 628 g/mol. The van der Waals surface area contributed by atoms with E-state index >= 15 is 0 Å². The summed E-state index contributed by atoms with van der Waals surface area (Å²) in [4.78, 5) is 0. The molecule has 0 N–H and O–H groups in total. The molecule has 4 aromatic carbocycles. The van der Waals surface area contributed by atoms with Crippen LogP contribution in [0.15, 0.2) is 108 Å². The topological polar surface area (TPSA) is 0 Å². The van der Waals surface area contributed by atoms with Gasteiger partial charge in [0.2, 0.25) is 0 Å². The van der Waals surface area contributed by atoms with E-state index in [9.17, 15) is 0 Å². The van der Waals surface area contributed by atoms with E-state index in [0.29, 0.717) is 0 Å². The summed E-state index contributed by atoms with van der Waals surface area (Å²) in [5, 5.41) is 0. The molecule has 6 rings (SSSR count). The Morgan fingerprint density at radius 3 is 1.71 bits per heavy atom. The van der Waals surface area contributed by atoms with Crippen molar-refractivity contribution in [3.63, 3.8) is 0 Å². The van der Waals surface area contributed by atoms with Crippen molar-refractivity contribution in [2.24, 2.45) is 0 Å². The Morgan fingerprint density at radius 2 is 1.26 bits per heavy atom. The predicted octanol–water partition coefficient (Wildman–Crippen LogP) is 10.5. The second-order valence-electron chi connectivity index (χ2n) is 13.4. The molecular weight excluding hydrogens is 584 g/mol. The monoisotopic (exact) mass is 626 g/mol. The molecule has 0 spiro atoms. The van der Waals surface area contributed by atoms with Crippen LogP contribution in [-0.2, 0) is 41.5 Å². The fourth-order valence-electron chi connectivity index (χ4n) is 5.02. The van der Waals surface area contributed by atoms with Gasteiger partial charge >= 0.3 is 99.2 Å². The van der Waals surface area contributed by atoms with Crippen molar-refractivity contribution in [1.82, 2.24) is 0 Å². The number of benzene rings is 4. The van der Waals surface area contributed by atoms with Gasteiger partial charge in [-0.3, -0.25) is 6.08 Å². The zero-order valence-corrected chi connectivity index (χ0v) is 29.1. The third-order valence-corrected chi connectivity index (χ3v) is 9.37. The Hall–Kier alpha value is -2.89. The summed E-state index contributed by atoms with van der Waals surface area (Å²) in [6, 6.07) is 36.3. The minimum atomic E-state index is 0.167. The van der Waals surface area contributed by atoms with Crippen molar-refractivity contribution in [2.75, 3.05) is 0 Å². The van der Waals surface area contributed by atoms with E-state index in [2.05, 4.69) is 165 Å². The zero-order chi connectivity index (χ0) is 30.5. The maximum atomic E-state index is 3.67. The Balaban J connectivity index is 0.000000165. The summed E-state index contributed by atoms with van der Waals surface area (Å²) in [7, 11) is 0. The summed E-state index contributed by atoms with van der Waals surface area (Å²) in [5.74, 6) is 0. The third kappa shape index (κ3) is 8.14. The molecule has 0 heterocycles. The zero-order valence-electron chi connectivity index (χ0n) is 26.7. The van der Waals surface area contributed by atoms with Gasteiger partial charge in [0, 0.05) is 0 Å². The van der Waals surface area contributed by atoms with Crippen LogP contribution in [0.1, 0.15) is 95.2 Å².